The van der Waals surface area contributed by atoms with E-state index in [9.17, 15) is 24.5 Å². The number of esters is 1. The van der Waals surface area contributed by atoms with Crippen LogP contribution in [-0.4, -0.2) is 28.4 Å². The lowest BCUT2D eigenvalue weighted by molar-refractivity contribution is -0.385. The van der Waals surface area contributed by atoms with Crippen LogP contribution in [0.3, 0.4) is 0 Å². The molecule has 0 aliphatic heterocycles. The molecule has 2 N–H and O–H groups in total. The summed E-state index contributed by atoms with van der Waals surface area (Å²) in [7, 11) is 0. The van der Waals surface area contributed by atoms with E-state index in [1.165, 1.54) is 37.3 Å². The first-order chi connectivity index (χ1) is 17.3. The van der Waals surface area contributed by atoms with Gasteiger partial charge in [0.15, 0.2) is 0 Å². The molecule has 0 saturated carbocycles. The molecule has 3 rings (SSSR count). The van der Waals surface area contributed by atoms with Gasteiger partial charge < -0.3 is 10.1 Å². The van der Waals surface area contributed by atoms with Crippen LogP contribution >= 0.6 is 0 Å². The highest BCUT2D eigenvalue weighted by atomic mass is 16.6. The third kappa shape index (κ3) is 6.36. The second-order valence-corrected chi connectivity index (χ2v) is 7.28. The molecule has 3 aromatic carbocycles. The molecule has 0 unspecified atom stereocenters. The second-order valence-electron chi connectivity index (χ2n) is 7.28. The maximum atomic E-state index is 12.6. The van der Waals surface area contributed by atoms with Gasteiger partial charge in [-0.05, 0) is 42.8 Å². The van der Waals surface area contributed by atoms with Crippen molar-refractivity contribution in [2.24, 2.45) is 5.10 Å². The van der Waals surface area contributed by atoms with Gasteiger partial charge in [0.1, 0.15) is 11.3 Å². The van der Waals surface area contributed by atoms with Crippen molar-refractivity contribution in [3.63, 3.8) is 0 Å². The lowest BCUT2D eigenvalue weighted by Gasteiger charge is -2.10. The molecule has 0 bridgehead atoms. The summed E-state index contributed by atoms with van der Waals surface area (Å²) in [6.45, 7) is 1.52. The van der Waals surface area contributed by atoms with E-state index in [0.717, 1.165) is 5.56 Å². The fourth-order valence-corrected chi connectivity index (χ4v) is 3.05. The highest BCUT2D eigenvalue weighted by molar-refractivity contribution is 6.39. The Balaban J connectivity index is 1.69. The van der Waals surface area contributed by atoms with Crippen molar-refractivity contribution < 1.29 is 24.0 Å². The molecule has 36 heavy (non-hydrogen) atoms. The number of nitro benzene ring substituents is 1. The Morgan fingerprint density at radius 1 is 0.972 bits per heavy atom. The Morgan fingerprint density at radius 2 is 1.61 bits per heavy atom. The number of hydrogen-bond acceptors (Lipinski definition) is 8. The number of nitrogens with one attached hydrogen (secondary N) is 2. The minimum atomic E-state index is -1.04. The maximum absolute atomic E-state index is 12.6. The maximum Gasteiger partial charge on any atom is 0.350 e. The molecular formula is C25H19N5O6. The minimum absolute atomic E-state index is 0.0538. The molecule has 0 aliphatic rings. The standard InChI is InChI=1S/C25H19N5O6/c1-16(28-29-24(32)23(31)27-18-12-10-17(11-13-18)14-15-26)19-6-3-5-9-22(19)36-25(33)20-7-2-4-8-21(20)30(34)35/h2-13H,14H2,1H3,(H,27,31)(H,29,32). The van der Waals surface area contributed by atoms with E-state index in [0.29, 0.717) is 11.3 Å². The van der Waals surface area contributed by atoms with Crippen LogP contribution in [0.1, 0.15) is 28.4 Å². The van der Waals surface area contributed by atoms with Gasteiger partial charge in [0.05, 0.1) is 23.1 Å². The van der Waals surface area contributed by atoms with Gasteiger partial charge in [-0.2, -0.15) is 10.4 Å². The first-order valence-electron chi connectivity index (χ1n) is 10.5. The van der Waals surface area contributed by atoms with Gasteiger partial charge >= 0.3 is 17.8 Å². The van der Waals surface area contributed by atoms with Crippen LogP contribution in [0.2, 0.25) is 0 Å². The number of benzene rings is 3. The number of hydrogen-bond donors (Lipinski definition) is 2. The van der Waals surface area contributed by atoms with Crippen molar-refractivity contribution in [2.75, 3.05) is 5.32 Å². The van der Waals surface area contributed by atoms with Crippen molar-refractivity contribution in [1.29, 1.82) is 5.26 Å². The average molecular weight is 485 g/mol. The molecular weight excluding hydrogens is 466 g/mol. The smallest absolute Gasteiger partial charge is 0.350 e. The van der Waals surface area contributed by atoms with Crippen LogP contribution < -0.4 is 15.5 Å². The van der Waals surface area contributed by atoms with E-state index in [-0.39, 0.29) is 23.4 Å². The molecule has 11 heteroatoms. The molecule has 3 aromatic rings. The van der Waals surface area contributed by atoms with E-state index < -0.39 is 28.4 Å². The summed E-state index contributed by atoms with van der Waals surface area (Å²) in [6, 6.07) is 20.1. The SMILES string of the molecule is CC(=NNC(=O)C(=O)Nc1ccc(CC#N)cc1)c1ccccc1OC(=O)c1ccccc1[N+](=O)[O-]. The van der Waals surface area contributed by atoms with Gasteiger partial charge in [-0.1, -0.05) is 36.4 Å². The summed E-state index contributed by atoms with van der Waals surface area (Å²) in [5.41, 5.74) is 3.17. The minimum Gasteiger partial charge on any atom is -0.422 e. The number of carbonyl (C=O) groups is 3. The summed E-state index contributed by atoms with van der Waals surface area (Å²) < 4.78 is 5.37. The van der Waals surface area contributed by atoms with E-state index in [2.05, 4.69) is 15.8 Å². The lowest BCUT2D eigenvalue weighted by atomic mass is 10.1. The monoisotopic (exact) mass is 485 g/mol. The number of carbonyl (C=O) groups excluding carboxylic acids is 3. The first-order valence-corrected chi connectivity index (χ1v) is 10.5. The zero-order valence-corrected chi connectivity index (χ0v) is 18.9. The van der Waals surface area contributed by atoms with Gasteiger partial charge in [0, 0.05) is 17.3 Å². The normalized spacial score (nSPS) is 10.6. The fourth-order valence-electron chi connectivity index (χ4n) is 3.05. The summed E-state index contributed by atoms with van der Waals surface area (Å²) in [4.78, 5) is 47.5. The highest BCUT2D eigenvalue weighted by Crippen LogP contribution is 2.23. The van der Waals surface area contributed by atoms with Crippen molar-refractivity contribution in [3.8, 4) is 11.8 Å². The average Bonchev–Trinajstić information content (AvgIpc) is 2.88. The van der Waals surface area contributed by atoms with Crippen LogP contribution in [0.15, 0.2) is 77.9 Å². The van der Waals surface area contributed by atoms with E-state index >= 15 is 0 Å². The molecule has 0 saturated heterocycles. The number of hydrazone groups is 1. The van der Waals surface area contributed by atoms with Gasteiger partial charge in [-0.25, -0.2) is 10.2 Å². The number of amides is 2. The molecule has 0 radical (unpaired) electrons. The molecule has 0 heterocycles. The van der Waals surface area contributed by atoms with Crippen LogP contribution in [0, 0.1) is 21.4 Å². The number of rotatable bonds is 7. The van der Waals surface area contributed by atoms with E-state index in [1.54, 1.807) is 42.5 Å². The first kappa shape index (κ1) is 25.3. The van der Waals surface area contributed by atoms with Crippen molar-refractivity contribution >= 4 is 34.9 Å². The molecule has 0 spiro atoms. The third-order valence-electron chi connectivity index (χ3n) is 4.83. The third-order valence-corrected chi connectivity index (χ3v) is 4.83. The summed E-state index contributed by atoms with van der Waals surface area (Å²) in [5, 5.41) is 26.2. The summed E-state index contributed by atoms with van der Waals surface area (Å²) >= 11 is 0. The number of ether oxygens (including phenoxy) is 1. The zero-order valence-electron chi connectivity index (χ0n) is 18.9. The fraction of sp³-hybridized carbons (Fsp3) is 0.0800. The molecule has 11 nitrogen and oxygen atoms in total. The summed E-state index contributed by atoms with van der Waals surface area (Å²) in [6.07, 6.45) is 0.224. The Labute approximate surface area is 205 Å². The number of nitrogens with zero attached hydrogens (tertiary/aromatic N) is 3. The Hall–Kier alpha value is -5.37. The molecule has 0 fully saturated rings. The van der Waals surface area contributed by atoms with Crippen molar-refractivity contribution in [1.82, 2.24) is 5.43 Å². The van der Waals surface area contributed by atoms with Gasteiger partial charge in [-0.3, -0.25) is 19.7 Å². The highest BCUT2D eigenvalue weighted by Gasteiger charge is 2.22. The van der Waals surface area contributed by atoms with Crippen LogP contribution in [0.4, 0.5) is 11.4 Å². The zero-order chi connectivity index (χ0) is 26.1. The van der Waals surface area contributed by atoms with Gasteiger partial charge in [0.25, 0.3) is 5.69 Å². The van der Waals surface area contributed by atoms with Gasteiger partial charge in [-0.15, -0.1) is 0 Å². The largest absolute Gasteiger partial charge is 0.422 e. The van der Waals surface area contributed by atoms with Gasteiger partial charge in [0.2, 0.25) is 0 Å². The van der Waals surface area contributed by atoms with Crippen molar-refractivity contribution in [2.45, 2.75) is 13.3 Å². The Morgan fingerprint density at radius 3 is 2.28 bits per heavy atom. The molecule has 0 aromatic heterocycles. The predicted molar refractivity (Wildman–Crippen MR) is 129 cm³/mol. The number of nitriles is 1. The topological polar surface area (TPSA) is 164 Å². The Bertz CT molecular complexity index is 1390. The number of nitro groups is 1. The second kappa shape index (κ2) is 11.7. The molecule has 0 aliphatic carbocycles. The van der Waals surface area contributed by atoms with Crippen molar-refractivity contribution in [3.05, 3.63) is 99.6 Å². The quantitative estimate of drug-likeness (QED) is 0.129. The lowest BCUT2D eigenvalue weighted by Crippen LogP contribution is -2.33. The van der Waals surface area contributed by atoms with E-state index in [1.807, 2.05) is 6.07 Å². The van der Waals surface area contributed by atoms with Crippen LogP contribution in [0.5, 0.6) is 5.75 Å². The number of para-hydroxylation sites is 2. The predicted octanol–water partition coefficient (Wildman–Crippen LogP) is 3.36. The molecule has 2 amide bonds. The van der Waals surface area contributed by atoms with Crippen LogP contribution in [0.25, 0.3) is 0 Å². The molecule has 0 atom stereocenters. The number of anilines is 1. The molecule has 180 valence electrons. The Kier molecular flexibility index (Phi) is 8.18. The van der Waals surface area contributed by atoms with Crippen LogP contribution in [-0.2, 0) is 16.0 Å². The van der Waals surface area contributed by atoms with E-state index in [4.69, 9.17) is 10.00 Å². The summed E-state index contributed by atoms with van der Waals surface area (Å²) in [5.74, 6) is -2.88.